The van der Waals surface area contributed by atoms with Crippen LogP contribution in [0.4, 0.5) is 15.8 Å². The fourth-order valence-electron chi connectivity index (χ4n) is 3.42. The van der Waals surface area contributed by atoms with Crippen LogP contribution in [0.3, 0.4) is 0 Å². The summed E-state index contributed by atoms with van der Waals surface area (Å²) in [5.74, 6) is 1.30. The zero-order chi connectivity index (χ0) is 25.4. The molecule has 0 unspecified atom stereocenters. The molecule has 184 valence electrons. The van der Waals surface area contributed by atoms with Gasteiger partial charge in [-0.25, -0.2) is 4.39 Å². The summed E-state index contributed by atoms with van der Waals surface area (Å²) < 4.78 is 24.0. The quantitative estimate of drug-likeness (QED) is 0.315. The molecule has 0 aliphatic rings. The second-order valence-corrected chi connectivity index (χ2v) is 8.87. The predicted octanol–water partition coefficient (Wildman–Crippen LogP) is 5.82. The first-order chi connectivity index (χ1) is 16.8. The molecule has 3 aromatic rings. The largest absolute Gasteiger partial charge is 0.493 e. The third-order valence-corrected chi connectivity index (χ3v) is 6.52. The van der Waals surface area contributed by atoms with Gasteiger partial charge in [0.15, 0.2) is 16.7 Å². The van der Waals surface area contributed by atoms with Crippen molar-refractivity contribution in [1.29, 1.82) is 0 Å². The molecule has 0 bridgehead atoms. The number of nitrogens with zero attached hydrogens (tertiary/aromatic N) is 2. The molecule has 0 atom stereocenters. The molecule has 35 heavy (non-hydrogen) atoms. The van der Waals surface area contributed by atoms with Gasteiger partial charge in [-0.05, 0) is 66.9 Å². The zero-order valence-electron chi connectivity index (χ0n) is 20.6. The van der Waals surface area contributed by atoms with Gasteiger partial charge in [0.1, 0.15) is 12.4 Å². The van der Waals surface area contributed by atoms with Gasteiger partial charge in [0.2, 0.25) is 5.91 Å². The average molecular weight is 496 g/mol. The number of rotatable bonds is 8. The van der Waals surface area contributed by atoms with Gasteiger partial charge in [0, 0.05) is 30.2 Å². The lowest BCUT2D eigenvalue weighted by molar-refractivity contribution is -0.116. The van der Waals surface area contributed by atoms with Gasteiger partial charge >= 0.3 is 0 Å². The van der Waals surface area contributed by atoms with E-state index in [1.165, 1.54) is 45.5 Å². The number of ether oxygens (including phenoxy) is 2. The topological polar surface area (TPSA) is 63.2 Å². The number of nitrogens with one attached hydrogen (secondary N) is 1. The van der Waals surface area contributed by atoms with E-state index in [4.69, 9.17) is 9.47 Å². The number of aryl methyl sites for hydroxylation is 2. The molecule has 0 aromatic heterocycles. The van der Waals surface area contributed by atoms with E-state index < -0.39 is 0 Å². The van der Waals surface area contributed by atoms with Crippen molar-refractivity contribution in [3.05, 3.63) is 83.2 Å². The lowest BCUT2D eigenvalue weighted by Crippen LogP contribution is -2.29. The molecule has 3 aromatic carbocycles. The molecule has 0 radical (unpaired) electrons. The van der Waals surface area contributed by atoms with Gasteiger partial charge in [-0.2, -0.15) is 0 Å². The highest BCUT2D eigenvalue weighted by Gasteiger charge is 2.15. The van der Waals surface area contributed by atoms with Crippen LogP contribution in [0, 0.1) is 19.7 Å². The molecule has 0 aliphatic heterocycles. The van der Waals surface area contributed by atoms with Crippen LogP contribution >= 0.6 is 11.8 Å². The second-order valence-electron chi connectivity index (χ2n) is 7.90. The van der Waals surface area contributed by atoms with Gasteiger partial charge in [-0.3, -0.25) is 9.79 Å². The molecule has 8 heteroatoms. The first-order valence-corrected chi connectivity index (χ1v) is 12.0. The fourth-order valence-corrected chi connectivity index (χ4v) is 4.50. The molecule has 0 saturated heterocycles. The summed E-state index contributed by atoms with van der Waals surface area (Å²) >= 11 is 1.50. The highest BCUT2D eigenvalue weighted by Crippen LogP contribution is 2.31. The van der Waals surface area contributed by atoms with Crippen molar-refractivity contribution >= 4 is 34.2 Å². The van der Waals surface area contributed by atoms with E-state index in [0.717, 1.165) is 0 Å². The van der Waals surface area contributed by atoms with Crippen molar-refractivity contribution < 1.29 is 18.7 Å². The number of anilines is 2. The van der Waals surface area contributed by atoms with Crippen LogP contribution in [-0.4, -0.2) is 38.9 Å². The highest BCUT2D eigenvalue weighted by atomic mass is 32.2. The van der Waals surface area contributed by atoms with Gasteiger partial charge in [-0.15, -0.1) is 0 Å². The van der Waals surface area contributed by atoms with Gasteiger partial charge in [-0.1, -0.05) is 30.0 Å². The maximum absolute atomic E-state index is 13.4. The summed E-state index contributed by atoms with van der Waals surface area (Å²) in [4.78, 5) is 19.0. The standard InChI is InChI=1S/C27H30FN3O3S/c1-18-7-6-8-19(2)23(18)17-35-27(30-21-11-9-20(28)10-12-21)29-16-26(32)31(3)22-13-14-24(33-4)25(15-22)34-5/h6-15H,16-17H2,1-5H3,(H,29,30). The summed E-state index contributed by atoms with van der Waals surface area (Å²) in [6, 6.07) is 17.5. The zero-order valence-corrected chi connectivity index (χ0v) is 21.4. The Labute approximate surface area is 210 Å². The van der Waals surface area contributed by atoms with Crippen molar-refractivity contribution in [3.63, 3.8) is 0 Å². The minimum Gasteiger partial charge on any atom is -0.493 e. The molecule has 0 saturated carbocycles. The predicted molar refractivity (Wildman–Crippen MR) is 142 cm³/mol. The van der Waals surface area contributed by atoms with Crippen LogP contribution in [-0.2, 0) is 10.5 Å². The Kier molecular flexibility index (Phi) is 9.14. The number of hydrogen-bond acceptors (Lipinski definition) is 5. The fraction of sp³-hybridized carbons (Fsp3) is 0.259. The number of benzene rings is 3. The van der Waals surface area contributed by atoms with Crippen LogP contribution in [0.5, 0.6) is 11.5 Å². The molecule has 0 fully saturated rings. The number of carbonyl (C=O) groups excluding carboxylic acids is 1. The van der Waals surface area contributed by atoms with Gasteiger partial charge < -0.3 is 19.7 Å². The number of likely N-dealkylation sites (N-methyl/N-ethyl adjacent to an activating group) is 1. The molecule has 0 heterocycles. The summed E-state index contributed by atoms with van der Waals surface area (Å²) in [6.07, 6.45) is 0. The van der Waals surface area contributed by atoms with E-state index in [1.807, 2.05) is 6.07 Å². The Balaban J connectivity index is 1.78. The van der Waals surface area contributed by atoms with Crippen LogP contribution < -0.4 is 19.7 Å². The van der Waals surface area contributed by atoms with E-state index in [1.54, 1.807) is 51.6 Å². The lowest BCUT2D eigenvalue weighted by atomic mass is 10.1. The number of aliphatic imine (C=N–C) groups is 1. The van der Waals surface area contributed by atoms with Crippen molar-refractivity contribution in [1.82, 2.24) is 0 Å². The summed E-state index contributed by atoms with van der Waals surface area (Å²) in [7, 11) is 4.80. The number of hydrogen-bond donors (Lipinski definition) is 1. The van der Waals surface area contributed by atoms with Crippen molar-refractivity contribution in [3.8, 4) is 11.5 Å². The van der Waals surface area contributed by atoms with Crippen LogP contribution in [0.15, 0.2) is 65.7 Å². The van der Waals surface area contributed by atoms with Crippen LogP contribution in [0.25, 0.3) is 0 Å². The maximum atomic E-state index is 13.4. The summed E-state index contributed by atoms with van der Waals surface area (Å²) in [6.45, 7) is 4.09. The Morgan fingerprint density at radius 3 is 2.29 bits per heavy atom. The van der Waals surface area contributed by atoms with E-state index in [-0.39, 0.29) is 18.3 Å². The minimum atomic E-state index is -0.316. The smallest absolute Gasteiger partial charge is 0.248 e. The monoisotopic (exact) mass is 495 g/mol. The Bertz CT molecular complexity index is 1180. The third kappa shape index (κ3) is 6.99. The normalized spacial score (nSPS) is 11.2. The average Bonchev–Trinajstić information content (AvgIpc) is 2.86. The Morgan fingerprint density at radius 2 is 1.66 bits per heavy atom. The molecule has 1 N–H and O–H groups in total. The second kappa shape index (κ2) is 12.3. The number of carbonyl (C=O) groups is 1. The van der Waals surface area contributed by atoms with E-state index in [2.05, 4.69) is 36.3 Å². The van der Waals surface area contributed by atoms with Gasteiger partial charge in [0.05, 0.1) is 14.2 Å². The summed E-state index contributed by atoms with van der Waals surface area (Å²) in [5, 5.41) is 3.80. The Hall–Kier alpha value is -3.52. The van der Waals surface area contributed by atoms with Crippen LogP contribution in [0.1, 0.15) is 16.7 Å². The van der Waals surface area contributed by atoms with E-state index in [0.29, 0.717) is 33.8 Å². The number of amidine groups is 1. The molecular formula is C27H30FN3O3S. The SMILES string of the molecule is COc1ccc(N(C)C(=O)CN=C(Nc2ccc(F)cc2)SCc2c(C)cccc2C)cc1OC. The van der Waals surface area contributed by atoms with E-state index in [9.17, 15) is 9.18 Å². The first-order valence-electron chi connectivity index (χ1n) is 11.1. The highest BCUT2D eigenvalue weighted by molar-refractivity contribution is 8.13. The number of halogens is 1. The number of amides is 1. The van der Waals surface area contributed by atoms with Gasteiger partial charge in [0.25, 0.3) is 0 Å². The minimum absolute atomic E-state index is 0.0614. The van der Waals surface area contributed by atoms with E-state index >= 15 is 0 Å². The number of methoxy groups -OCH3 is 2. The molecule has 6 nitrogen and oxygen atoms in total. The lowest BCUT2D eigenvalue weighted by Gasteiger charge is -2.19. The molecule has 1 amide bonds. The summed E-state index contributed by atoms with van der Waals surface area (Å²) in [5.41, 5.74) is 4.98. The van der Waals surface area contributed by atoms with Crippen LogP contribution in [0.2, 0.25) is 0 Å². The van der Waals surface area contributed by atoms with Crippen molar-refractivity contribution in [2.75, 3.05) is 38.0 Å². The molecule has 3 rings (SSSR count). The first kappa shape index (κ1) is 26.1. The Morgan fingerprint density at radius 1 is 1.00 bits per heavy atom. The van der Waals surface area contributed by atoms with Crippen molar-refractivity contribution in [2.24, 2.45) is 4.99 Å². The molecular weight excluding hydrogens is 465 g/mol. The number of thioether (sulfide) groups is 1. The van der Waals surface area contributed by atoms with Crippen molar-refractivity contribution in [2.45, 2.75) is 19.6 Å². The maximum Gasteiger partial charge on any atom is 0.248 e. The molecule has 0 spiro atoms. The molecule has 0 aliphatic carbocycles. The third-order valence-electron chi connectivity index (χ3n) is 5.58.